The van der Waals surface area contributed by atoms with Gasteiger partial charge >= 0.3 is 0 Å². The maximum absolute atomic E-state index is 11.7. The number of amides is 1. The SMILES string of the molecule is COc1cccc(/C=N\NC(=O)c2ccccc2)c1. The van der Waals surface area contributed by atoms with Gasteiger partial charge < -0.3 is 4.74 Å². The van der Waals surface area contributed by atoms with Gasteiger partial charge in [0.25, 0.3) is 5.91 Å². The van der Waals surface area contributed by atoms with Crippen molar-refractivity contribution in [2.75, 3.05) is 7.11 Å². The molecule has 0 atom stereocenters. The monoisotopic (exact) mass is 254 g/mol. The predicted molar refractivity (Wildman–Crippen MR) is 74.5 cm³/mol. The van der Waals surface area contributed by atoms with E-state index in [-0.39, 0.29) is 5.91 Å². The molecule has 2 aromatic rings. The summed E-state index contributed by atoms with van der Waals surface area (Å²) >= 11 is 0. The minimum atomic E-state index is -0.236. The zero-order valence-corrected chi connectivity index (χ0v) is 10.5. The molecule has 0 unspecified atom stereocenters. The van der Waals surface area contributed by atoms with Crippen LogP contribution in [0.3, 0.4) is 0 Å². The number of carbonyl (C=O) groups excluding carboxylic acids is 1. The Morgan fingerprint density at radius 3 is 2.68 bits per heavy atom. The Morgan fingerprint density at radius 1 is 1.16 bits per heavy atom. The summed E-state index contributed by atoms with van der Waals surface area (Å²) in [6.45, 7) is 0. The second kappa shape index (κ2) is 6.35. The van der Waals surface area contributed by atoms with Crippen molar-refractivity contribution in [1.29, 1.82) is 0 Å². The Hall–Kier alpha value is -2.62. The van der Waals surface area contributed by atoms with E-state index in [4.69, 9.17) is 4.74 Å². The van der Waals surface area contributed by atoms with Crippen molar-refractivity contribution >= 4 is 12.1 Å². The van der Waals surface area contributed by atoms with Crippen LogP contribution in [0.4, 0.5) is 0 Å². The first-order valence-corrected chi connectivity index (χ1v) is 5.82. The molecule has 0 heterocycles. The van der Waals surface area contributed by atoms with Crippen LogP contribution in [0.2, 0.25) is 0 Å². The molecule has 0 aliphatic rings. The summed E-state index contributed by atoms with van der Waals surface area (Å²) in [5.41, 5.74) is 3.90. The van der Waals surface area contributed by atoms with Crippen molar-refractivity contribution in [3.05, 3.63) is 65.7 Å². The van der Waals surface area contributed by atoms with Crippen molar-refractivity contribution in [1.82, 2.24) is 5.43 Å². The van der Waals surface area contributed by atoms with Crippen LogP contribution in [0.5, 0.6) is 5.75 Å². The Morgan fingerprint density at radius 2 is 1.95 bits per heavy atom. The number of rotatable bonds is 4. The van der Waals surface area contributed by atoms with Crippen LogP contribution < -0.4 is 10.2 Å². The number of nitrogens with one attached hydrogen (secondary N) is 1. The topological polar surface area (TPSA) is 50.7 Å². The van der Waals surface area contributed by atoms with E-state index in [1.807, 2.05) is 30.3 Å². The number of hydrogen-bond donors (Lipinski definition) is 1. The summed E-state index contributed by atoms with van der Waals surface area (Å²) in [5, 5.41) is 3.91. The largest absolute Gasteiger partial charge is 0.497 e. The quantitative estimate of drug-likeness (QED) is 0.673. The molecule has 1 N–H and O–H groups in total. The third-order valence-electron chi connectivity index (χ3n) is 2.51. The smallest absolute Gasteiger partial charge is 0.271 e. The van der Waals surface area contributed by atoms with Gasteiger partial charge in [-0.15, -0.1) is 0 Å². The molecule has 19 heavy (non-hydrogen) atoms. The van der Waals surface area contributed by atoms with Gasteiger partial charge in [-0.3, -0.25) is 4.79 Å². The van der Waals surface area contributed by atoms with Gasteiger partial charge in [-0.05, 0) is 29.8 Å². The standard InChI is InChI=1S/C15H14N2O2/c1-19-14-9-5-6-12(10-14)11-16-17-15(18)13-7-3-2-4-8-13/h2-11H,1H3,(H,17,18)/b16-11-. The van der Waals surface area contributed by atoms with Gasteiger partial charge in [0.15, 0.2) is 0 Å². The molecule has 2 rings (SSSR count). The number of nitrogens with zero attached hydrogens (tertiary/aromatic N) is 1. The number of carbonyl (C=O) groups is 1. The highest BCUT2D eigenvalue weighted by Crippen LogP contribution is 2.10. The number of hydrazone groups is 1. The molecule has 0 saturated heterocycles. The van der Waals surface area contributed by atoms with Crippen LogP contribution in [0.15, 0.2) is 59.7 Å². The van der Waals surface area contributed by atoms with E-state index in [0.29, 0.717) is 5.56 Å². The number of ether oxygens (including phenoxy) is 1. The molecule has 4 heteroatoms. The average Bonchev–Trinajstić information content (AvgIpc) is 2.48. The lowest BCUT2D eigenvalue weighted by atomic mass is 10.2. The van der Waals surface area contributed by atoms with Crippen LogP contribution in [-0.2, 0) is 0 Å². The average molecular weight is 254 g/mol. The van der Waals surface area contributed by atoms with Crippen molar-refractivity contribution < 1.29 is 9.53 Å². The van der Waals surface area contributed by atoms with Gasteiger partial charge in [0.05, 0.1) is 13.3 Å². The number of benzene rings is 2. The molecule has 0 spiro atoms. The fourth-order valence-electron chi connectivity index (χ4n) is 1.54. The van der Waals surface area contributed by atoms with Crippen molar-refractivity contribution in [3.8, 4) is 5.75 Å². The van der Waals surface area contributed by atoms with Gasteiger partial charge in [-0.2, -0.15) is 5.10 Å². The van der Waals surface area contributed by atoms with Crippen molar-refractivity contribution in [2.24, 2.45) is 5.10 Å². The molecule has 0 fully saturated rings. The van der Waals surface area contributed by atoms with Crippen LogP contribution in [-0.4, -0.2) is 19.2 Å². The predicted octanol–water partition coefficient (Wildman–Crippen LogP) is 2.46. The summed E-state index contributed by atoms with van der Waals surface area (Å²) in [7, 11) is 1.60. The minimum absolute atomic E-state index is 0.236. The summed E-state index contributed by atoms with van der Waals surface area (Å²) < 4.78 is 5.10. The van der Waals surface area contributed by atoms with Gasteiger partial charge in [-0.1, -0.05) is 30.3 Å². The maximum Gasteiger partial charge on any atom is 0.271 e. The Kier molecular flexibility index (Phi) is 4.29. The van der Waals surface area contributed by atoms with Crippen molar-refractivity contribution in [2.45, 2.75) is 0 Å². The lowest BCUT2D eigenvalue weighted by molar-refractivity contribution is 0.0955. The number of methoxy groups -OCH3 is 1. The third kappa shape index (κ3) is 3.67. The molecule has 0 bridgehead atoms. The Labute approximate surface area is 111 Å². The highest BCUT2D eigenvalue weighted by molar-refractivity contribution is 5.94. The summed E-state index contributed by atoms with van der Waals surface area (Å²) in [6.07, 6.45) is 1.57. The molecule has 0 saturated carbocycles. The van der Waals surface area contributed by atoms with Crippen LogP contribution >= 0.6 is 0 Å². The summed E-state index contributed by atoms with van der Waals surface area (Å²) in [4.78, 5) is 11.7. The van der Waals surface area contributed by atoms with E-state index in [0.717, 1.165) is 11.3 Å². The first-order valence-electron chi connectivity index (χ1n) is 5.82. The van der Waals surface area contributed by atoms with Crippen LogP contribution in [0.1, 0.15) is 15.9 Å². The summed E-state index contributed by atoms with van der Waals surface area (Å²) in [5.74, 6) is 0.512. The molecular weight excluding hydrogens is 240 g/mol. The highest BCUT2D eigenvalue weighted by atomic mass is 16.5. The van der Waals surface area contributed by atoms with Crippen LogP contribution in [0.25, 0.3) is 0 Å². The normalized spacial score (nSPS) is 10.4. The minimum Gasteiger partial charge on any atom is -0.497 e. The maximum atomic E-state index is 11.7. The molecule has 2 aromatic carbocycles. The van der Waals surface area contributed by atoms with Gasteiger partial charge in [0.1, 0.15) is 5.75 Å². The summed E-state index contributed by atoms with van der Waals surface area (Å²) in [6, 6.07) is 16.3. The zero-order chi connectivity index (χ0) is 13.5. The molecule has 0 aliphatic carbocycles. The number of hydrogen-bond acceptors (Lipinski definition) is 3. The van der Waals surface area contributed by atoms with Crippen LogP contribution in [0, 0.1) is 0 Å². The Balaban J connectivity index is 1.98. The van der Waals surface area contributed by atoms with E-state index in [9.17, 15) is 4.79 Å². The molecule has 0 aromatic heterocycles. The first-order chi connectivity index (χ1) is 9.29. The van der Waals surface area contributed by atoms with Crippen molar-refractivity contribution in [3.63, 3.8) is 0 Å². The molecule has 0 radical (unpaired) electrons. The zero-order valence-electron chi connectivity index (χ0n) is 10.5. The van der Waals surface area contributed by atoms with E-state index in [2.05, 4.69) is 10.5 Å². The third-order valence-corrected chi connectivity index (χ3v) is 2.51. The molecule has 0 aliphatic heterocycles. The van der Waals surface area contributed by atoms with E-state index in [1.54, 1.807) is 37.6 Å². The first kappa shape index (κ1) is 12.8. The second-order valence-electron chi connectivity index (χ2n) is 3.84. The molecule has 96 valence electrons. The molecule has 1 amide bonds. The molecular formula is C15H14N2O2. The fourth-order valence-corrected chi connectivity index (χ4v) is 1.54. The van der Waals surface area contributed by atoms with Gasteiger partial charge in [-0.25, -0.2) is 5.43 Å². The van der Waals surface area contributed by atoms with E-state index >= 15 is 0 Å². The van der Waals surface area contributed by atoms with E-state index in [1.165, 1.54) is 0 Å². The molecule has 4 nitrogen and oxygen atoms in total. The fraction of sp³-hybridized carbons (Fsp3) is 0.0667. The Bertz CT molecular complexity index is 580. The van der Waals surface area contributed by atoms with Gasteiger partial charge in [0, 0.05) is 5.56 Å². The lowest BCUT2D eigenvalue weighted by Crippen LogP contribution is -2.17. The second-order valence-corrected chi connectivity index (χ2v) is 3.84. The van der Waals surface area contributed by atoms with E-state index < -0.39 is 0 Å². The highest BCUT2D eigenvalue weighted by Gasteiger charge is 2.01. The lowest BCUT2D eigenvalue weighted by Gasteiger charge is -2.00. The van der Waals surface area contributed by atoms with Gasteiger partial charge in [0.2, 0.25) is 0 Å².